The average Bonchev–Trinajstić information content (AvgIpc) is 2.34. The number of rotatable bonds is 3. The number of aromatic nitrogens is 1. The van der Waals surface area contributed by atoms with E-state index in [9.17, 15) is 4.79 Å². The quantitative estimate of drug-likeness (QED) is 0.927. The van der Waals surface area contributed by atoms with Gasteiger partial charge in [-0.05, 0) is 52.7 Å². The molecule has 0 amide bonds. The van der Waals surface area contributed by atoms with Crippen molar-refractivity contribution in [3.8, 4) is 0 Å². The lowest BCUT2D eigenvalue weighted by Crippen LogP contribution is -1.97. The van der Waals surface area contributed by atoms with Crippen molar-refractivity contribution in [2.24, 2.45) is 0 Å². The molecule has 2 aromatic rings. The first-order valence-corrected chi connectivity index (χ1v) is 6.81. The number of pyridine rings is 1. The molecule has 5 heteroatoms. The number of nitrogens with zero attached hydrogens (tertiary/aromatic N) is 1. The summed E-state index contributed by atoms with van der Waals surface area (Å²) in [5.41, 5.74) is 1.33. The topological polar surface area (TPSA) is 50.2 Å². The second-order valence-corrected chi connectivity index (χ2v) is 5.59. The fourth-order valence-electron chi connectivity index (χ4n) is 1.42. The van der Waals surface area contributed by atoms with E-state index in [2.05, 4.69) is 20.9 Å². The highest BCUT2D eigenvalue weighted by molar-refractivity contribution is 9.10. The Hall–Kier alpha value is -1.33. The van der Waals surface area contributed by atoms with Gasteiger partial charge in [-0.1, -0.05) is 17.8 Å². The molecule has 0 unspecified atom stereocenters. The van der Waals surface area contributed by atoms with Gasteiger partial charge < -0.3 is 5.11 Å². The standard InChI is InChI=1S/C13H10BrNO2S/c1-8-3-2-6-15-12(8)18-9-4-5-11(14)10(7-9)13(16)17/h2-7H,1H3,(H,16,17). The van der Waals surface area contributed by atoms with E-state index >= 15 is 0 Å². The Morgan fingerprint density at radius 1 is 1.39 bits per heavy atom. The van der Waals surface area contributed by atoms with Gasteiger partial charge in [0.25, 0.3) is 0 Å². The molecule has 2 rings (SSSR count). The largest absolute Gasteiger partial charge is 0.478 e. The number of halogens is 1. The van der Waals surface area contributed by atoms with Crippen molar-refractivity contribution in [1.82, 2.24) is 4.98 Å². The maximum atomic E-state index is 11.0. The van der Waals surface area contributed by atoms with Gasteiger partial charge in [-0.3, -0.25) is 0 Å². The Balaban J connectivity index is 2.33. The third-order valence-corrected chi connectivity index (χ3v) is 4.15. The highest BCUT2D eigenvalue weighted by atomic mass is 79.9. The van der Waals surface area contributed by atoms with Crippen molar-refractivity contribution in [2.75, 3.05) is 0 Å². The Labute approximate surface area is 117 Å². The smallest absolute Gasteiger partial charge is 0.336 e. The monoisotopic (exact) mass is 323 g/mol. The second kappa shape index (κ2) is 5.54. The molecule has 1 aromatic carbocycles. The summed E-state index contributed by atoms with van der Waals surface area (Å²) in [7, 11) is 0. The summed E-state index contributed by atoms with van der Waals surface area (Å²) in [6.07, 6.45) is 1.73. The summed E-state index contributed by atoms with van der Waals surface area (Å²) in [6, 6.07) is 9.11. The minimum Gasteiger partial charge on any atom is -0.478 e. The zero-order chi connectivity index (χ0) is 13.1. The van der Waals surface area contributed by atoms with Gasteiger partial charge >= 0.3 is 5.97 Å². The predicted molar refractivity (Wildman–Crippen MR) is 74.2 cm³/mol. The van der Waals surface area contributed by atoms with Crippen LogP contribution in [0.4, 0.5) is 0 Å². The molecule has 3 nitrogen and oxygen atoms in total. The van der Waals surface area contributed by atoms with E-state index in [4.69, 9.17) is 5.11 Å². The summed E-state index contributed by atoms with van der Waals surface area (Å²) in [6.45, 7) is 1.98. The third-order valence-electron chi connectivity index (χ3n) is 2.34. The molecule has 0 atom stereocenters. The van der Waals surface area contributed by atoms with Gasteiger partial charge in [-0.25, -0.2) is 9.78 Å². The molecule has 0 radical (unpaired) electrons. The Morgan fingerprint density at radius 2 is 2.17 bits per heavy atom. The molecule has 0 aliphatic rings. The molecule has 0 saturated carbocycles. The highest BCUT2D eigenvalue weighted by Crippen LogP contribution is 2.31. The lowest BCUT2D eigenvalue weighted by Gasteiger charge is -2.06. The summed E-state index contributed by atoms with van der Waals surface area (Å²) >= 11 is 4.68. The predicted octanol–water partition coefficient (Wildman–Crippen LogP) is 4.00. The number of hydrogen-bond acceptors (Lipinski definition) is 3. The number of aryl methyl sites for hydroxylation is 1. The number of aromatic carboxylic acids is 1. The molecule has 0 bridgehead atoms. The molecule has 1 aromatic heterocycles. The molecule has 1 N–H and O–H groups in total. The van der Waals surface area contributed by atoms with Crippen LogP contribution < -0.4 is 0 Å². The van der Waals surface area contributed by atoms with Gasteiger partial charge in [-0.15, -0.1) is 0 Å². The Bertz CT molecular complexity index is 601. The fraction of sp³-hybridized carbons (Fsp3) is 0.0769. The summed E-state index contributed by atoms with van der Waals surface area (Å²) < 4.78 is 0.581. The summed E-state index contributed by atoms with van der Waals surface area (Å²) in [5.74, 6) is -0.943. The Kier molecular flexibility index (Phi) is 4.04. The van der Waals surface area contributed by atoms with Crippen LogP contribution in [-0.2, 0) is 0 Å². The minimum atomic E-state index is -0.943. The van der Waals surface area contributed by atoms with Crippen molar-refractivity contribution >= 4 is 33.7 Å². The summed E-state index contributed by atoms with van der Waals surface area (Å²) in [4.78, 5) is 16.2. The molecule has 0 spiro atoms. The van der Waals surface area contributed by atoms with Crippen molar-refractivity contribution in [3.05, 3.63) is 52.1 Å². The molecular weight excluding hydrogens is 314 g/mol. The lowest BCUT2D eigenvalue weighted by molar-refractivity contribution is 0.0695. The van der Waals surface area contributed by atoms with E-state index in [-0.39, 0.29) is 5.56 Å². The number of carbonyl (C=O) groups is 1. The van der Waals surface area contributed by atoms with Crippen LogP contribution in [0.25, 0.3) is 0 Å². The van der Waals surface area contributed by atoms with E-state index in [1.54, 1.807) is 18.3 Å². The van der Waals surface area contributed by atoms with Crippen molar-refractivity contribution in [2.45, 2.75) is 16.8 Å². The van der Waals surface area contributed by atoms with Crippen LogP contribution in [0, 0.1) is 6.92 Å². The SMILES string of the molecule is Cc1cccnc1Sc1ccc(Br)c(C(=O)O)c1. The van der Waals surface area contributed by atoms with Gasteiger partial charge in [-0.2, -0.15) is 0 Å². The molecule has 18 heavy (non-hydrogen) atoms. The van der Waals surface area contributed by atoms with Crippen molar-refractivity contribution in [1.29, 1.82) is 0 Å². The lowest BCUT2D eigenvalue weighted by atomic mass is 10.2. The summed E-state index contributed by atoms with van der Waals surface area (Å²) in [5, 5.41) is 9.94. The third kappa shape index (κ3) is 2.91. The van der Waals surface area contributed by atoms with E-state index in [1.165, 1.54) is 11.8 Å². The first-order chi connectivity index (χ1) is 8.58. The first-order valence-electron chi connectivity index (χ1n) is 5.20. The van der Waals surface area contributed by atoms with Crippen LogP contribution in [0.2, 0.25) is 0 Å². The molecule has 0 fully saturated rings. The maximum absolute atomic E-state index is 11.0. The van der Waals surface area contributed by atoms with Crippen LogP contribution in [0.5, 0.6) is 0 Å². The molecule has 0 saturated heterocycles. The van der Waals surface area contributed by atoms with E-state index in [0.717, 1.165) is 15.5 Å². The fourth-order valence-corrected chi connectivity index (χ4v) is 2.72. The molecule has 92 valence electrons. The van der Waals surface area contributed by atoms with Crippen LogP contribution in [0.1, 0.15) is 15.9 Å². The van der Waals surface area contributed by atoms with Crippen molar-refractivity contribution in [3.63, 3.8) is 0 Å². The van der Waals surface area contributed by atoms with Crippen LogP contribution >= 0.6 is 27.7 Å². The second-order valence-electron chi connectivity index (χ2n) is 3.67. The van der Waals surface area contributed by atoms with Crippen LogP contribution in [0.3, 0.4) is 0 Å². The van der Waals surface area contributed by atoms with E-state index < -0.39 is 5.97 Å². The average molecular weight is 324 g/mol. The van der Waals surface area contributed by atoms with Crippen LogP contribution in [0.15, 0.2) is 50.9 Å². The van der Waals surface area contributed by atoms with Gasteiger partial charge in [0.05, 0.1) is 5.56 Å². The number of carboxylic acid groups (broad SMARTS) is 1. The maximum Gasteiger partial charge on any atom is 0.336 e. The Morgan fingerprint density at radius 3 is 2.83 bits per heavy atom. The number of hydrogen-bond donors (Lipinski definition) is 1. The minimum absolute atomic E-state index is 0.258. The van der Waals surface area contributed by atoms with Crippen molar-refractivity contribution < 1.29 is 9.90 Å². The molecule has 0 aliphatic carbocycles. The first kappa shape index (κ1) is 13.1. The highest BCUT2D eigenvalue weighted by Gasteiger charge is 2.10. The van der Waals surface area contributed by atoms with Gasteiger partial charge in [0, 0.05) is 15.6 Å². The van der Waals surface area contributed by atoms with Gasteiger partial charge in [0.1, 0.15) is 5.03 Å². The zero-order valence-electron chi connectivity index (χ0n) is 9.55. The van der Waals surface area contributed by atoms with E-state index in [0.29, 0.717) is 4.47 Å². The van der Waals surface area contributed by atoms with Crippen LogP contribution in [-0.4, -0.2) is 16.1 Å². The normalized spacial score (nSPS) is 10.3. The molecular formula is C13H10BrNO2S. The zero-order valence-corrected chi connectivity index (χ0v) is 12.0. The molecule has 1 heterocycles. The molecule has 0 aliphatic heterocycles. The number of carboxylic acids is 1. The van der Waals surface area contributed by atoms with Gasteiger partial charge in [0.15, 0.2) is 0 Å². The number of benzene rings is 1. The van der Waals surface area contributed by atoms with Gasteiger partial charge in [0.2, 0.25) is 0 Å². The van der Waals surface area contributed by atoms with E-state index in [1.807, 2.05) is 25.1 Å².